The molecule has 0 saturated carbocycles. The molecule has 2 aliphatic heterocycles. The van der Waals surface area contributed by atoms with Gasteiger partial charge in [-0.15, -0.1) is 0 Å². The number of hydrogen-bond acceptors (Lipinski definition) is 4. The van der Waals surface area contributed by atoms with E-state index in [0.717, 1.165) is 22.7 Å². The molecule has 2 aliphatic rings. The summed E-state index contributed by atoms with van der Waals surface area (Å²) in [6, 6.07) is 17.0. The Labute approximate surface area is 181 Å². The first-order chi connectivity index (χ1) is 14.6. The van der Waals surface area contributed by atoms with Gasteiger partial charge in [0.2, 0.25) is 5.91 Å². The number of fused-ring (bicyclic) bond motifs is 1. The smallest absolute Gasteiger partial charge is 0.229 e. The molecule has 2 heterocycles. The summed E-state index contributed by atoms with van der Waals surface area (Å²) < 4.78 is 13.3. The second kappa shape index (κ2) is 8.93. The molecule has 0 radical (unpaired) electrons. The molecule has 0 spiro atoms. The SMILES string of the molecule is CCCCc1ccc(N2CSC3=C(C#N)C(c4ccc(F)cc4)CC(=O)N3C2)cc1. The van der Waals surface area contributed by atoms with Crippen LogP contribution in [0.25, 0.3) is 0 Å². The number of anilines is 1. The summed E-state index contributed by atoms with van der Waals surface area (Å²) in [6.07, 6.45) is 3.67. The molecular weight excluding hydrogens is 397 g/mol. The van der Waals surface area contributed by atoms with Crippen LogP contribution in [0.15, 0.2) is 59.1 Å². The largest absolute Gasteiger partial charge is 0.344 e. The Hall–Kier alpha value is -2.78. The van der Waals surface area contributed by atoms with E-state index in [1.807, 2.05) is 0 Å². The van der Waals surface area contributed by atoms with Crippen molar-refractivity contribution in [2.75, 3.05) is 17.4 Å². The second-order valence-corrected chi connectivity index (χ2v) is 8.62. The van der Waals surface area contributed by atoms with Gasteiger partial charge in [-0.1, -0.05) is 49.4 Å². The number of rotatable bonds is 5. The maximum atomic E-state index is 13.3. The highest BCUT2D eigenvalue weighted by Gasteiger charge is 2.38. The molecule has 1 unspecified atom stereocenters. The number of aryl methyl sites for hydroxylation is 1. The van der Waals surface area contributed by atoms with E-state index in [-0.39, 0.29) is 24.1 Å². The summed E-state index contributed by atoms with van der Waals surface area (Å²) in [5, 5.41) is 10.6. The Balaban J connectivity index is 1.56. The number of nitrogens with zero attached hydrogens (tertiary/aromatic N) is 3. The summed E-state index contributed by atoms with van der Waals surface area (Å²) in [5.41, 5.74) is 3.81. The van der Waals surface area contributed by atoms with Crippen LogP contribution < -0.4 is 4.90 Å². The van der Waals surface area contributed by atoms with Gasteiger partial charge in [0.1, 0.15) is 5.82 Å². The molecular formula is C24H24FN3OS. The van der Waals surface area contributed by atoms with Gasteiger partial charge in [0.15, 0.2) is 0 Å². The molecule has 0 bridgehead atoms. The molecule has 0 aliphatic carbocycles. The van der Waals surface area contributed by atoms with Crippen LogP contribution in [0, 0.1) is 17.1 Å². The van der Waals surface area contributed by atoms with Gasteiger partial charge in [0.05, 0.1) is 29.2 Å². The van der Waals surface area contributed by atoms with Crippen LogP contribution in [0.3, 0.4) is 0 Å². The van der Waals surface area contributed by atoms with E-state index in [2.05, 4.69) is 42.2 Å². The minimum atomic E-state index is -0.322. The predicted molar refractivity (Wildman–Crippen MR) is 118 cm³/mol. The van der Waals surface area contributed by atoms with Crippen LogP contribution >= 0.6 is 11.8 Å². The standard InChI is InChI=1S/C24H24FN3OS/c1-2-3-4-17-5-11-20(12-6-17)27-15-28-23(29)13-21(18-7-9-19(25)10-8-18)22(14-26)24(28)30-16-27/h5-12,21H,2-4,13,15-16H2,1H3. The Morgan fingerprint density at radius 3 is 2.57 bits per heavy atom. The molecule has 30 heavy (non-hydrogen) atoms. The van der Waals surface area contributed by atoms with Crippen LogP contribution in [0.2, 0.25) is 0 Å². The van der Waals surface area contributed by atoms with Crippen molar-refractivity contribution in [3.63, 3.8) is 0 Å². The third kappa shape index (κ3) is 4.08. The van der Waals surface area contributed by atoms with Crippen molar-refractivity contribution >= 4 is 23.4 Å². The molecule has 0 aromatic heterocycles. The Kier molecular flexibility index (Phi) is 6.10. The normalized spacial score (nSPS) is 19.0. The van der Waals surface area contributed by atoms with Crippen LogP contribution in [-0.2, 0) is 11.2 Å². The first-order valence-corrected chi connectivity index (χ1v) is 11.3. The number of unbranched alkanes of at least 4 members (excludes halogenated alkanes) is 1. The lowest BCUT2D eigenvalue weighted by atomic mass is 9.86. The van der Waals surface area contributed by atoms with Crippen molar-refractivity contribution in [3.05, 3.63) is 76.1 Å². The maximum absolute atomic E-state index is 13.3. The molecule has 0 N–H and O–H groups in total. The number of thioether (sulfide) groups is 1. The van der Waals surface area contributed by atoms with Gasteiger partial charge in [-0.05, 0) is 48.2 Å². The van der Waals surface area contributed by atoms with Crippen LogP contribution in [0.1, 0.15) is 43.2 Å². The van der Waals surface area contributed by atoms with Crippen molar-refractivity contribution < 1.29 is 9.18 Å². The van der Waals surface area contributed by atoms with E-state index in [0.29, 0.717) is 18.1 Å². The molecule has 1 atom stereocenters. The van der Waals surface area contributed by atoms with Crippen molar-refractivity contribution in [2.24, 2.45) is 0 Å². The first kappa shape index (κ1) is 20.5. The number of amides is 1. The van der Waals surface area contributed by atoms with E-state index < -0.39 is 0 Å². The number of benzene rings is 2. The summed E-state index contributed by atoms with van der Waals surface area (Å²) >= 11 is 1.52. The van der Waals surface area contributed by atoms with E-state index >= 15 is 0 Å². The van der Waals surface area contributed by atoms with Gasteiger partial charge in [-0.3, -0.25) is 9.69 Å². The summed E-state index contributed by atoms with van der Waals surface area (Å²) in [5.74, 6) is 0.0350. The first-order valence-electron chi connectivity index (χ1n) is 10.3. The quantitative estimate of drug-likeness (QED) is 0.650. The number of nitriles is 1. The lowest BCUT2D eigenvalue weighted by molar-refractivity contribution is -0.129. The lowest BCUT2D eigenvalue weighted by Crippen LogP contribution is -2.47. The Morgan fingerprint density at radius 1 is 1.17 bits per heavy atom. The van der Waals surface area contributed by atoms with Gasteiger partial charge in [-0.25, -0.2) is 4.39 Å². The van der Waals surface area contributed by atoms with Crippen LogP contribution in [-0.4, -0.2) is 23.4 Å². The highest BCUT2D eigenvalue weighted by atomic mass is 32.2. The molecule has 1 fully saturated rings. The topological polar surface area (TPSA) is 47.3 Å². The fraction of sp³-hybridized carbons (Fsp3) is 0.333. The summed E-state index contributed by atoms with van der Waals surface area (Å²) in [6.45, 7) is 2.63. The second-order valence-electron chi connectivity index (χ2n) is 7.69. The fourth-order valence-corrected chi connectivity index (χ4v) is 5.13. The lowest BCUT2D eigenvalue weighted by Gasteiger charge is -2.42. The van der Waals surface area contributed by atoms with Crippen molar-refractivity contribution in [3.8, 4) is 6.07 Å². The minimum absolute atomic E-state index is 0.00455. The van der Waals surface area contributed by atoms with E-state index in [1.165, 1.54) is 42.3 Å². The average molecular weight is 422 g/mol. The Morgan fingerprint density at radius 2 is 1.90 bits per heavy atom. The third-order valence-corrected chi connectivity index (χ3v) is 6.84. The Bertz CT molecular complexity index is 995. The molecule has 1 amide bonds. The van der Waals surface area contributed by atoms with E-state index in [9.17, 15) is 14.4 Å². The van der Waals surface area contributed by atoms with Gasteiger partial charge in [0, 0.05) is 18.0 Å². The zero-order valence-electron chi connectivity index (χ0n) is 17.0. The van der Waals surface area contributed by atoms with Gasteiger partial charge in [-0.2, -0.15) is 5.26 Å². The molecule has 2 aromatic carbocycles. The molecule has 154 valence electrons. The number of halogens is 1. The number of allylic oxidation sites excluding steroid dienone is 1. The van der Waals surface area contributed by atoms with E-state index in [1.54, 1.807) is 17.0 Å². The van der Waals surface area contributed by atoms with E-state index in [4.69, 9.17) is 0 Å². The molecule has 4 rings (SSSR count). The number of carbonyl (C=O) groups is 1. The maximum Gasteiger partial charge on any atom is 0.229 e. The molecule has 4 nitrogen and oxygen atoms in total. The minimum Gasteiger partial charge on any atom is -0.344 e. The molecule has 1 saturated heterocycles. The zero-order chi connectivity index (χ0) is 21.1. The molecule has 2 aromatic rings. The van der Waals surface area contributed by atoms with Crippen molar-refractivity contribution in [1.82, 2.24) is 4.90 Å². The molecule has 6 heteroatoms. The van der Waals surface area contributed by atoms with Crippen molar-refractivity contribution in [2.45, 2.75) is 38.5 Å². The fourth-order valence-electron chi connectivity index (χ4n) is 3.96. The summed E-state index contributed by atoms with van der Waals surface area (Å²) in [4.78, 5) is 16.8. The summed E-state index contributed by atoms with van der Waals surface area (Å²) in [7, 11) is 0. The zero-order valence-corrected chi connectivity index (χ0v) is 17.8. The van der Waals surface area contributed by atoms with Gasteiger partial charge in [0.25, 0.3) is 0 Å². The van der Waals surface area contributed by atoms with Gasteiger partial charge >= 0.3 is 0 Å². The van der Waals surface area contributed by atoms with Crippen LogP contribution in [0.4, 0.5) is 10.1 Å². The predicted octanol–water partition coefficient (Wildman–Crippen LogP) is 5.39. The number of hydrogen-bond donors (Lipinski definition) is 0. The average Bonchev–Trinajstić information content (AvgIpc) is 2.78. The third-order valence-electron chi connectivity index (χ3n) is 5.69. The monoisotopic (exact) mass is 421 g/mol. The van der Waals surface area contributed by atoms with Gasteiger partial charge < -0.3 is 4.90 Å². The highest BCUT2D eigenvalue weighted by molar-refractivity contribution is 8.03. The van der Waals surface area contributed by atoms with Crippen LogP contribution in [0.5, 0.6) is 0 Å². The van der Waals surface area contributed by atoms with Crippen molar-refractivity contribution in [1.29, 1.82) is 5.26 Å². The highest BCUT2D eigenvalue weighted by Crippen LogP contribution is 2.43. The number of carbonyl (C=O) groups excluding carboxylic acids is 1.